The van der Waals surface area contributed by atoms with E-state index in [0.717, 1.165) is 28.2 Å². The molecule has 1 aliphatic rings. The first kappa shape index (κ1) is 15.5. The average molecular weight is 330 g/mol. The van der Waals surface area contributed by atoms with Gasteiger partial charge in [0.2, 0.25) is 0 Å². The maximum Gasteiger partial charge on any atom is 0.338 e. The maximum atomic E-state index is 12.5. The molecule has 124 valence electrons. The summed E-state index contributed by atoms with van der Waals surface area (Å²) < 4.78 is 11.3. The molecule has 0 spiro atoms. The highest BCUT2D eigenvalue weighted by Gasteiger charge is 2.31. The maximum absolute atomic E-state index is 12.5. The minimum absolute atomic E-state index is 0.0678. The van der Waals surface area contributed by atoms with Crippen molar-refractivity contribution in [1.29, 1.82) is 0 Å². The quantitative estimate of drug-likeness (QED) is 0.487. The Bertz CT molecular complexity index is 884. The smallest absolute Gasteiger partial charge is 0.338 e. The fraction of sp³-hybridized carbons (Fsp3) is 0.136. The van der Waals surface area contributed by atoms with Crippen molar-refractivity contribution in [2.45, 2.75) is 12.8 Å². The zero-order chi connectivity index (χ0) is 17.2. The third-order valence-electron chi connectivity index (χ3n) is 4.45. The highest BCUT2D eigenvalue weighted by molar-refractivity contribution is 5.92. The second kappa shape index (κ2) is 6.44. The number of hydrogen-bond donors (Lipinski definition) is 0. The molecule has 3 aromatic carbocycles. The van der Waals surface area contributed by atoms with Crippen LogP contribution in [0.2, 0.25) is 0 Å². The normalized spacial score (nSPS) is 12.7. The molecule has 0 saturated heterocycles. The van der Waals surface area contributed by atoms with Crippen LogP contribution in [0.1, 0.15) is 39.9 Å². The molecular weight excluding hydrogens is 312 g/mol. The summed E-state index contributed by atoms with van der Waals surface area (Å²) in [6.07, 6.45) is 0. The number of carbonyl (C=O) groups is 1. The van der Waals surface area contributed by atoms with E-state index in [4.69, 9.17) is 9.47 Å². The molecule has 3 heteroatoms. The first-order valence-electron chi connectivity index (χ1n) is 8.41. The van der Waals surface area contributed by atoms with E-state index in [-0.39, 0.29) is 11.9 Å². The van der Waals surface area contributed by atoms with E-state index in [1.54, 1.807) is 0 Å². The van der Waals surface area contributed by atoms with Gasteiger partial charge in [0.25, 0.3) is 0 Å². The molecule has 25 heavy (non-hydrogen) atoms. The summed E-state index contributed by atoms with van der Waals surface area (Å²) in [5.74, 6) is 1.29. The number of ether oxygens (including phenoxy) is 2. The minimum Gasteiger partial charge on any atom is -0.462 e. The number of esters is 1. The average Bonchev–Trinajstić information content (AvgIpc) is 2.66. The summed E-state index contributed by atoms with van der Waals surface area (Å²) in [5, 5.41) is 0. The topological polar surface area (TPSA) is 35.5 Å². The summed E-state index contributed by atoms with van der Waals surface area (Å²) in [6, 6.07) is 23.6. The van der Waals surface area contributed by atoms with Gasteiger partial charge in [-0.15, -0.1) is 0 Å². The predicted octanol–water partition coefficient (Wildman–Crippen LogP) is 5.15. The lowest BCUT2D eigenvalue weighted by Gasteiger charge is -2.29. The number of rotatable bonds is 3. The van der Waals surface area contributed by atoms with Crippen molar-refractivity contribution in [2.75, 3.05) is 6.61 Å². The van der Waals surface area contributed by atoms with Crippen LogP contribution in [-0.2, 0) is 4.74 Å². The van der Waals surface area contributed by atoms with E-state index >= 15 is 0 Å². The highest BCUT2D eigenvalue weighted by atomic mass is 16.5. The first-order chi connectivity index (χ1) is 12.3. The Morgan fingerprint density at radius 2 is 1.36 bits per heavy atom. The molecule has 0 radical (unpaired) electrons. The molecule has 3 aromatic rings. The number of para-hydroxylation sites is 2. The molecule has 0 saturated carbocycles. The van der Waals surface area contributed by atoms with Gasteiger partial charge in [-0.3, -0.25) is 0 Å². The van der Waals surface area contributed by atoms with Gasteiger partial charge in [0.15, 0.2) is 0 Å². The molecule has 0 aromatic heterocycles. The molecule has 0 unspecified atom stereocenters. The standard InChI is InChI=1S/C22H18O3/c1-2-24-22(23)16-10-4-3-9-15(16)21-17-11-5-7-13-19(17)25-20-14-8-6-12-18(20)21/h3-14,21H,2H2,1H3. The van der Waals surface area contributed by atoms with E-state index in [1.807, 2.05) is 67.6 Å². The SMILES string of the molecule is CCOC(=O)c1ccccc1C1c2ccccc2Oc2ccccc21. The third kappa shape index (κ3) is 2.68. The number of benzene rings is 3. The van der Waals surface area contributed by atoms with E-state index < -0.39 is 0 Å². The van der Waals surface area contributed by atoms with Gasteiger partial charge >= 0.3 is 5.97 Å². The van der Waals surface area contributed by atoms with Crippen molar-refractivity contribution >= 4 is 5.97 Å². The van der Waals surface area contributed by atoms with E-state index in [2.05, 4.69) is 12.1 Å². The molecular formula is C22H18O3. The van der Waals surface area contributed by atoms with Crippen molar-refractivity contribution in [1.82, 2.24) is 0 Å². The first-order valence-corrected chi connectivity index (χ1v) is 8.41. The Labute approximate surface area is 146 Å². The Balaban J connectivity index is 1.93. The summed E-state index contributed by atoms with van der Waals surface area (Å²) in [7, 11) is 0. The molecule has 0 amide bonds. The van der Waals surface area contributed by atoms with Crippen molar-refractivity contribution in [3.63, 3.8) is 0 Å². The zero-order valence-electron chi connectivity index (χ0n) is 13.9. The summed E-state index contributed by atoms with van der Waals surface area (Å²) in [4.78, 5) is 12.5. The molecule has 1 aliphatic heterocycles. The van der Waals surface area contributed by atoms with Crippen LogP contribution in [0.25, 0.3) is 0 Å². The number of carbonyl (C=O) groups excluding carboxylic acids is 1. The Morgan fingerprint density at radius 3 is 1.96 bits per heavy atom. The van der Waals surface area contributed by atoms with E-state index in [9.17, 15) is 4.79 Å². The highest BCUT2D eigenvalue weighted by Crippen LogP contribution is 2.47. The van der Waals surface area contributed by atoms with Crippen LogP contribution in [0.15, 0.2) is 72.8 Å². The minimum atomic E-state index is -0.292. The lowest BCUT2D eigenvalue weighted by molar-refractivity contribution is 0.0525. The van der Waals surface area contributed by atoms with Gasteiger partial charge in [0.1, 0.15) is 11.5 Å². The Kier molecular flexibility index (Phi) is 3.98. The second-order valence-electron chi connectivity index (χ2n) is 5.92. The van der Waals surface area contributed by atoms with Crippen LogP contribution in [0.3, 0.4) is 0 Å². The van der Waals surface area contributed by atoms with Gasteiger partial charge in [0.05, 0.1) is 12.2 Å². The van der Waals surface area contributed by atoms with Gasteiger partial charge in [-0.05, 0) is 30.7 Å². The molecule has 4 rings (SSSR count). The predicted molar refractivity (Wildman–Crippen MR) is 96.3 cm³/mol. The Morgan fingerprint density at radius 1 is 0.840 bits per heavy atom. The summed E-state index contributed by atoms with van der Waals surface area (Å²) in [5.41, 5.74) is 3.64. The van der Waals surface area contributed by atoms with Crippen LogP contribution in [0, 0.1) is 0 Å². The fourth-order valence-electron chi connectivity index (χ4n) is 3.39. The van der Waals surface area contributed by atoms with Gasteiger partial charge in [-0.25, -0.2) is 4.79 Å². The molecule has 0 N–H and O–H groups in total. The largest absolute Gasteiger partial charge is 0.462 e. The third-order valence-corrected chi connectivity index (χ3v) is 4.45. The molecule has 0 bridgehead atoms. The van der Waals surface area contributed by atoms with Crippen molar-refractivity contribution in [3.8, 4) is 11.5 Å². The molecule has 0 fully saturated rings. The number of hydrogen-bond acceptors (Lipinski definition) is 3. The lowest BCUT2D eigenvalue weighted by Crippen LogP contribution is -2.16. The zero-order valence-corrected chi connectivity index (χ0v) is 13.9. The van der Waals surface area contributed by atoms with Gasteiger partial charge < -0.3 is 9.47 Å². The van der Waals surface area contributed by atoms with Crippen LogP contribution >= 0.6 is 0 Å². The Hall–Kier alpha value is -3.07. The van der Waals surface area contributed by atoms with Crippen LogP contribution in [0.5, 0.6) is 11.5 Å². The van der Waals surface area contributed by atoms with E-state index in [0.29, 0.717) is 12.2 Å². The molecule has 0 atom stereocenters. The summed E-state index contributed by atoms with van der Waals surface area (Å²) >= 11 is 0. The summed E-state index contributed by atoms with van der Waals surface area (Å²) in [6.45, 7) is 2.17. The van der Waals surface area contributed by atoms with E-state index in [1.165, 1.54) is 0 Å². The monoisotopic (exact) mass is 330 g/mol. The van der Waals surface area contributed by atoms with Crippen LogP contribution < -0.4 is 4.74 Å². The van der Waals surface area contributed by atoms with Gasteiger partial charge in [-0.1, -0.05) is 54.6 Å². The molecule has 0 aliphatic carbocycles. The molecule has 3 nitrogen and oxygen atoms in total. The number of fused-ring (bicyclic) bond motifs is 2. The van der Waals surface area contributed by atoms with Gasteiger partial charge in [0, 0.05) is 17.0 Å². The van der Waals surface area contributed by atoms with Crippen molar-refractivity contribution in [2.24, 2.45) is 0 Å². The van der Waals surface area contributed by atoms with Crippen molar-refractivity contribution < 1.29 is 14.3 Å². The second-order valence-corrected chi connectivity index (χ2v) is 5.92. The van der Waals surface area contributed by atoms with Crippen LogP contribution in [0.4, 0.5) is 0 Å². The van der Waals surface area contributed by atoms with Gasteiger partial charge in [-0.2, -0.15) is 0 Å². The van der Waals surface area contributed by atoms with Crippen LogP contribution in [-0.4, -0.2) is 12.6 Å². The van der Waals surface area contributed by atoms with Crippen molar-refractivity contribution in [3.05, 3.63) is 95.1 Å². The fourth-order valence-corrected chi connectivity index (χ4v) is 3.39. The lowest BCUT2D eigenvalue weighted by atomic mass is 9.81. The molecule has 1 heterocycles.